The molecule has 0 spiro atoms. The summed E-state index contributed by atoms with van der Waals surface area (Å²) in [5.74, 6) is -0.280. The third-order valence-corrected chi connectivity index (χ3v) is 8.52. The Labute approximate surface area is 181 Å². The van der Waals surface area contributed by atoms with Gasteiger partial charge >= 0.3 is 0 Å². The number of hydrogen-bond acceptors (Lipinski definition) is 5. The van der Waals surface area contributed by atoms with E-state index in [1.807, 2.05) is 13.8 Å². The highest BCUT2D eigenvalue weighted by Crippen LogP contribution is 2.64. The Morgan fingerprint density at radius 1 is 1.33 bits per heavy atom. The molecule has 170 valence electrons. The molecule has 0 unspecified atom stereocenters. The molecule has 1 saturated heterocycles. The lowest BCUT2D eigenvalue weighted by atomic mass is 9.70. The first-order valence-electron chi connectivity index (χ1n) is 11.3. The summed E-state index contributed by atoms with van der Waals surface area (Å²) >= 11 is 0. The van der Waals surface area contributed by atoms with Crippen LogP contribution in [0.25, 0.3) is 0 Å². The summed E-state index contributed by atoms with van der Waals surface area (Å²) in [6.45, 7) is 9.55. The number of fused-ring (bicyclic) bond motifs is 2. The van der Waals surface area contributed by atoms with Gasteiger partial charge in [0.05, 0.1) is 22.4 Å². The van der Waals surface area contributed by atoms with Crippen LogP contribution in [-0.2, 0) is 28.0 Å². The second-order valence-corrected chi connectivity index (χ2v) is 11.3. The van der Waals surface area contributed by atoms with Crippen LogP contribution in [0, 0.1) is 16.7 Å². The average Bonchev–Trinajstić information content (AvgIpc) is 3.40. The molecule has 3 fully saturated rings. The van der Waals surface area contributed by atoms with Crippen LogP contribution in [0.3, 0.4) is 0 Å². The Bertz CT molecular complexity index is 842. The van der Waals surface area contributed by atoms with Crippen LogP contribution < -0.4 is 9.88 Å². The molecule has 1 aliphatic heterocycles. The Hall–Kier alpha value is -1.25. The van der Waals surface area contributed by atoms with E-state index in [1.54, 1.807) is 0 Å². The highest BCUT2D eigenvalue weighted by Gasteiger charge is 2.64. The summed E-state index contributed by atoms with van der Waals surface area (Å²) in [4.78, 5) is 11.8. The lowest BCUT2D eigenvalue weighted by Gasteiger charge is -2.37. The molecular formula is C22H37N3O4S. The molecule has 4 rings (SSSR count). The van der Waals surface area contributed by atoms with Crippen molar-refractivity contribution in [2.45, 2.75) is 84.8 Å². The monoisotopic (exact) mass is 439 g/mol. The minimum absolute atomic E-state index is 0.0248. The molecule has 2 aliphatic carbocycles. The average molecular weight is 440 g/mol. The quantitative estimate of drug-likeness (QED) is 0.519. The van der Waals surface area contributed by atoms with Gasteiger partial charge in [-0.15, -0.1) is 0 Å². The molecule has 1 aromatic heterocycles. The van der Waals surface area contributed by atoms with Crippen LogP contribution >= 0.6 is 0 Å². The molecular weight excluding hydrogens is 402 g/mol. The van der Waals surface area contributed by atoms with Crippen molar-refractivity contribution in [1.82, 2.24) is 9.88 Å². The van der Waals surface area contributed by atoms with Gasteiger partial charge in [0.2, 0.25) is 6.33 Å². The smallest absolute Gasteiger partial charge is 0.243 e. The second kappa shape index (κ2) is 9.09. The van der Waals surface area contributed by atoms with E-state index in [0.29, 0.717) is 18.9 Å². The number of rotatable bonds is 7. The Balaban J connectivity index is 0.000000171. The number of hydrogen-bond donors (Lipinski definition) is 1. The summed E-state index contributed by atoms with van der Waals surface area (Å²) in [5, 5.41) is 3.53. The maximum Gasteiger partial charge on any atom is 0.243 e. The summed E-state index contributed by atoms with van der Waals surface area (Å²) in [6.07, 6.45) is 13.7. The third-order valence-electron chi connectivity index (χ3n) is 7.67. The summed E-state index contributed by atoms with van der Waals surface area (Å²) in [5.41, 5.74) is -1.22. The fraction of sp³-hybridized carbons (Fsp3) is 0.818. The molecule has 0 aromatic carbocycles. The first-order valence-corrected chi connectivity index (χ1v) is 12.9. The van der Waals surface area contributed by atoms with Gasteiger partial charge in [0.1, 0.15) is 24.7 Å². The molecule has 8 heteroatoms. The van der Waals surface area contributed by atoms with E-state index in [9.17, 15) is 17.8 Å². The highest BCUT2D eigenvalue weighted by molar-refractivity contribution is 7.85. The van der Waals surface area contributed by atoms with Crippen molar-refractivity contribution in [3.8, 4) is 0 Å². The van der Waals surface area contributed by atoms with Gasteiger partial charge in [-0.25, -0.2) is 17.6 Å². The highest BCUT2D eigenvalue weighted by atomic mass is 32.2. The number of aryl methyl sites for hydroxylation is 1. The van der Waals surface area contributed by atoms with Crippen molar-refractivity contribution in [2.24, 2.45) is 16.7 Å². The van der Waals surface area contributed by atoms with Gasteiger partial charge in [0, 0.05) is 17.9 Å². The molecule has 0 amide bonds. The van der Waals surface area contributed by atoms with Gasteiger partial charge in [0.15, 0.2) is 0 Å². The van der Waals surface area contributed by atoms with Crippen LogP contribution in [0.2, 0.25) is 0 Å². The van der Waals surface area contributed by atoms with E-state index < -0.39 is 21.3 Å². The normalized spacial score (nSPS) is 29.8. The largest absolute Gasteiger partial charge is 0.748 e. The van der Waals surface area contributed by atoms with E-state index in [1.165, 1.54) is 32.2 Å². The molecule has 2 saturated carbocycles. The Morgan fingerprint density at radius 2 is 2.10 bits per heavy atom. The topological polar surface area (TPSA) is 95.1 Å². The fourth-order valence-corrected chi connectivity index (χ4v) is 6.88. The van der Waals surface area contributed by atoms with Crippen LogP contribution in [0.5, 0.6) is 0 Å². The number of carbonyl (C=O) groups excluding carboxylic acids is 1. The van der Waals surface area contributed by atoms with Gasteiger partial charge in [-0.1, -0.05) is 27.2 Å². The minimum Gasteiger partial charge on any atom is -0.748 e. The SMILES string of the molecule is CC1(C)[C@@H]2CC[C@@]1(CS(=O)(=O)[O-])C(=O)C2.CCCCn1cc[n+](C[C@@H]2CCCN2)c1. The van der Waals surface area contributed by atoms with Crippen molar-refractivity contribution < 1.29 is 22.3 Å². The zero-order valence-electron chi connectivity index (χ0n) is 18.6. The van der Waals surface area contributed by atoms with Gasteiger partial charge in [-0.05, 0) is 50.0 Å². The van der Waals surface area contributed by atoms with E-state index >= 15 is 0 Å². The van der Waals surface area contributed by atoms with Gasteiger partial charge in [-0.3, -0.25) is 4.79 Å². The first-order chi connectivity index (χ1) is 14.1. The summed E-state index contributed by atoms with van der Waals surface area (Å²) in [7, 11) is -4.33. The van der Waals surface area contributed by atoms with Crippen molar-refractivity contribution in [3.63, 3.8) is 0 Å². The molecule has 7 nitrogen and oxygen atoms in total. The maximum absolute atomic E-state index is 11.8. The first kappa shape index (κ1) is 23.4. The predicted molar refractivity (Wildman–Crippen MR) is 114 cm³/mol. The van der Waals surface area contributed by atoms with Crippen LogP contribution in [-0.4, -0.2) is 41.7 Å². The van der Waals surface area contributed by atoms with Crippen molar-refractivity contribution in [3.05, 3.63) is 18.7 Å². The van der Waals surface area contributed by atoms with E-state index in [0.717, 1.165) is 19.5 Å². The molecule has 1 aromatic rings. The van der Waals surface area contributed by atoms with Crippen LogP contribution in [0.4, 0.5) is 0 Å². The number of unbranched alkanes of at least 4 members (excludes halogenated alkanes) is 1. The number of ketones is 1. The lowest BCUT2D eigenvalue weighted by Crippen LogP contribution is -2.42. The molecule has 3 aliphatic rings. The van der Waals surface area contributed by atoms with Crippen molar-refractivity contribution in [2.75, 3.05) is 12.3 Å². The lowest BCUT2D eigenvalue weighted by molar-refractivity contribution is -0.698. The number of Topliss-reactive ketones (excluding diaryl/α,β-unsaturated/α-hetero) is 1. The molecule has 2 bridgehead atoms. The standard InChI is InChI=1S/C12H22N3.C10H16O4S/c1-2-3-7-14-8-9-15(11-14)10-12-5-4-6-13-12;1-9(2)7-3-4-10(9,8(11)5-7)6-15(12,13)14/h8-9,11-13H,2-7,10H2,1H3;7H,3-6H2,1-2H3,(H,12,13,14)/q+1;/p-1/t12-;7-,10-/m01/s1. The second-order valence-electron chi connectivity index (χ2n) is 9.86. The molecule has 3 atom stereocenters. The Kier molecular flexibility index (Phi) is 7.09. The van der Waals surface area contributed by atoms with E-state index in [4.69, 9.17) is 0 Å². The number of nitrogens with one attached hydrogen (secondary N) is 1. The van der Waals surface area contributed by atoms with Gasteiger partial charge in [0.25, 0.3) is 0 Å². The maximum atomic E-state index is 11.8. The Morgan fingerprint density at radius 3 is 2.63 bits per heavy atom. The number of imidazole rings is 1. The van der Waals surface area contributed by atoms with Gasteiger partial charge in [-0.2, -0.15) is 0 Å². The number of aromatic nitrogens is 2. The molecule has 2 heterocycles. The van der Waals surface area contributed by atoms with Crippen molar-refractivity contribution >= 4 is 15.9 Å². The zero-order valence-corrected chi connectivity index (χ0v) is 19.4. The molecule has 1 N–H and O–H groups in total. The summed E-state index contributed by atoms with van der Waals surface area (Å²) in [6, 6.07) is 0.692. The molecule has 30 heavy (non-hydrogen) atoms. The van der Waals surface area contributed by atoms with Crippen molar-refractivity contribution in [1.29, 1.82) is 0 Å². The summed E-state index contributed by atoms with van der Waals surface area (Å²) < 4.78 is 37.3. The predicted octanol–water partition coefficient (Wildman–Crippen LogP) is 2.25. The molecule has 0 radical (unpaired) electrons. The van der Waals surface area contributed by atoms with E-state index in [2.05, 4.69) is 40.1 Å². The van der Waals surface area contributed by atoms with Crippen LogP contribution in [0.15, 0.2) is 18.7 Å². The minimum atomic E-state index is -4.33. The van der Waals surface area contributed by atoms with Crippen LogP contribution in [0.1, 0.15) is 65.7 Å². The van der Waals surface area contributed by atoms with Gasteiger partial charge < -0.3 is 9.87 Å². The fourth-order valence-electron chi connectivity index (χ4n) is 5.60. The number of nitrogens with zero attached hydrogens (tertiary/aromatic N) is 2. The zero-order chi connectivity index (χ0) is 22.0. The third kappa shape index (κ3) is 4.97. The van der Waals surface area contributed by atoms with E-state index in [-0.39, 0.29) is 17.1 Å². The number of carbonyl (C=O) groups is 1.